The first-order chi connectivity index (χ1) is 8.03. The Morgan fingerprint density at radius 2 is 2.12 bits per heavy atom. The van der Waals surface area contributed by atoms with Crippen LogP contribution in [0.25, 0.3) is 0 Å². The van der Waals surface area contributed by atoms with Crippen LogP contribution in [0.1, 0.15) is 25.7 Å². The second-order valence-corrected chi connectivity index (χ2v) is 8.27. The minimum atomic E-state index is -2.74. The maximum absolute atomic E-state index is 11.5. The summed E-state index contributed by atoms with van der Waals surface area (Å²) in [5.74, 6) is 1.50. The third-order valence-corrected chi connectivity index (χ3v) is 6.54. The van der Waals surface area contributed by atoms with Gasteiger partial charge >= 0.3 is 0 Å². The number of rotatable bonds is 3. The lowest BCUT2D eigenvalue weighted by molar-refractivity contribution is 0.203. The van der Waals surface area contributed by atoms with E-state index in [2.05, 4.69) is 17.3 Å². The molecule has 5 heteroatoms. The number of sulfone groups is 1. The predicted molar refractivity (Wildman–Crippen MR) is 67.7 cm³/mol. The zero-order valence-electron chi connectivity index (χ0n) is 10.4. The highest BCUT2D eigenvalue weighted by atomic mass is 32.2. The van der Waals surface area contributed by atoms with Gasteiger partial charge in [0.05, 0.1) is 11.5 Å². The van der Waals surface area contributed by atoms with Crippen molar-refractivity contribution in [2.45, 2.75) is 43.8 Å². The van der Waals surface area contributed by atoms with Gasteiger partial charge in [-0.2, -0.15) is 0 Å². The zero-order valence-corrected chi connectivity index (χ0v) is 11.2. The molecule has 0 aromatic heterocycles. The summed E-state index contributed by atoms with van der Waals surface area (Å²) in [4.78, 5) is 2.29. The molecule has 0 aliphatic carbocycles. The van der Waals surface area contributed by atoms with Crippen LogP contribution in [0, 0.1) is 5.92 Å². The van der Waals surface area contributed by atoms with E-state index >= 15 is 0 Å². The van der Waals surface area contributed by atoms with Crippen LogP contribution < -0.4 is 5.32 Å². The van der Waals surface area contributed by atoms with Crippen molar-refractivity contribution in [2.24, 2.45) is 5.92 Å². The van der Waals surface area contributed by atoms with Gasteiger partial charge in [0.1, 0.15) is 0 Å². The van der Waals surface area contributed by atoms with E-state index in [0.29, 0.717) is 17.5 Å². The summed E-state index contributed by atoms with van der Waals surface area (Å²) in [6, 6.07) is 1.70. The molecule has 98 valence electrons. The normalized spacial score (nSPS) is 43.6. The Hall–Kier alpha value is -0.130. The van der Waals surface area contributed by atoms with Gasteiger partial charge in [0.15, 0.2) is 9.84 Å². The third-order valence-electron chi connectivity index (χ3n) is 4.79. The summed E-state index contributed by atoms with van der Waals surface area (Å²) in [5.41, 5.74) is 0. The van der Waals surface area contributed by atoms with E-state index in [9.17, 15) is 8.42 Å². The average Bonchev–Trinajstić information content (AvgIpc) is 2.92. The van der Waals surface area contributed by atoms with E-state index in [-0.39, 0.29) is 6.04 Å². The van der Waals surface area contributed by atoms with Crippen LogP contribution in [0.5, 0.6) is 0 Å². The molecule has 3 fully saturated rings. The fourth-order valence-electron chi connectivity index (χ4n) is 3.78. The minimum absolute atomic E-state index is 0.263. The molecule has 0 amide bonds. The summed E-state index contributed by atoms with van der Waals surface area (Å²) >= 11 is 0. The van der Waals surface area contributed by atoms with Crippen molar-refractivity contribution in [1.29, 1.82) is 0 Å². The Morgan fingerprint density at radius 1 is 1.29 bits per heavy atom. The van der Waals surface area contributed by atoms with Crippen LogP contribution in [0.15, 0.2) is 0 Å². The van der Waals surface area contributed by atoms with E-state index in [1.54, 1.807) is 0 Å². The molecule has 4 nitrogen and oxygen atoms in total. The molecular formula is C12H22N2O2S. The number of nitrogens with zero attached hydrogens (tertiary/aromatic N) is 1. The molecule has 3 saturated heterocycles. The molecule has 0 radical (unpaired) electrons. The summed E-state index contributed by atoms with van der Waals surface area (Å²) < 4.78 is 22.9. The number of hydrogen-bond donors (Lipinski definition) is 1. The highest BCUT2D eigenvalue weighted by molar-refractivity contribution is 7.91. The summed E-state index contributed by atoms with van der Waals surface area (Å²) in [7, 11) is -0.647. The van der Waals surface area contributed by atoms with Crippen molar-refractivity contribution in [3.8, 4) is 0 Å². The molecule has 2 bridgehead atoms. The Bertz CT molecular complexity index is 395. The first-order valence-corrected chi connectivity index (χ1v) is 8.52. The quantitative estimate of drug-likeness (QED) is 0.788. The van der Waals surface area contributed by atoms with Crippen LogP contribution in [0.4, 0.5) is 0 Å². The number of nitrogens with one attached hydrogen (secondary N) is 1. The summed E-state index contributed by atoms with van der Waals surface area (Å²) in [6.45, 7) is 1.06. The van der Waals surface area contributed by atoms with E-state index in [0.717, 1.165) is 24.9 Å². The zero-order chi connectivity index (χ0) is 12.0. The van der Waals surface area contributed by atoms with Crippen LogP contribution >= 0.6 is 0 Å². The van der Waals surface area contributed by atoms with Gasteiger partial charge in [-0.1, -0.05) is 0 Å². The first kappa shape index (κ1) is 11.9. The lowest BCUT2D eigenvalue weighted by atomic mass is 9.88. The van der Waals surface area contributed by atoms with Gasteiger partial charge in [-0.25, -0.2) is 8.42 Å². The van der Waals surface area contributed by atoms with Gasteiger partial charge in [-0.15, -0.1) is 0 Å². The van der Waals surface area contributed by atoms with Crippen LogP contribution in [0.2, 0.25) is 0 Å². The number of fused-ring (bicyclic) bond motifs is 2. The van der Waals surface area contributed by atoms with Crippen molar-refractivity contribution in [2.75, 3.05) is 25.1 Å². The highest BCUT2D eigenvalue weighted by Gasteiger charge is 2.40. The van der Waals surface area contributed by atoms with Crippen molar-refractivity contribution in [3.05, 3.63) is 0 Å². The van der Waals surface area contributed by atoms with E-state index in [1.807, 2.05) is 0 Å². The molecule has 0 aromatic carbocycles. The molecule has 17 heavy (non-hydrogen) atoms. The molecule has 3 rings (SSSR count). The fraction of sp³-hybridized carbons (Fsp3) is 1.00. The van der Waals surface area contributed by atoms with Gasteiger partial charge in [0.2, 0.25) is 0 Å². The Morgan fingerprint density at radius 3 is 2.65 bits per heavy atom. The lowest BCUT2D eigenvalue weighted by Gasteiger charge is -2.29. The SMILES string of the molecule is CN(CC1CC2CCC1N2)C1CCS(=O)(=O)C1. The molecule has 4 unspecified atom stereocenters. The van der Waals surface area contributed by atoms with Gasteiger partial charge in [-0.05, 0) is 38.6 Å². The lowest BCUT2D eigenvalue weighted by Crippen LogP contribution is -2.39. The van der Waals surface area contributed by atoms with Gasteiger partial charge in [0, 0.05) is 24.7 Å². The molecule has 4 atom stereocenters. The first-order valence-electron chi connectivity index (χ1n) is 6.70. The van der Waals surface area contributed by atoms with Crippen LogP contribution in [0.3, 0.4) is 0 Å². The largest absolute Gasteiger partial charge is 0.311 e. The van der Waals surface area contributed by atoms with E-state index < -0.39 is 9.84 Å². The molecular weight excluding hydrogens is 236 g/mol. The predicted octanol–water partition coefficient (Wildman–Crippen LogP) is 0.246. The van der Waals surface area contributed by atoms with E-state index in [1.165, 1.54) is 19.3 Å². The smallest absolute Gasteiger partial charge is 0.151 e. The molecule has 0 spiro atoms. The maximum atomic E-state index is 11.5. The second kappa shape index (κ2) is 4.21. The van der Waals surface area contributed by atoms with Crippen molar-refractivity contribution < 1.29 is 8.42 Å². The summed E-state index contributed by atoms with van der Waals surface area (Å²) in [5, 5.41) is 3.65. The monoisotopic (exact) mass is 258 g/mol. The highest BCUT2D eigenvalue weighted by Crippen LogP contribution is 2.34. The molecule has 3 aliphatic rings. The molecule has 3 aliphatic heterocycles. The molecule has 0 aromatic rings. The Kier molecular flexibility index (Phi) is 2.96. The average molecular weight is 258 g/mol. The van der Waals surface area contributed by atoms with Gasteiger partial charge in [-0.3, -0.25) is 0 Å². The minimum Gasteiger partial charge on any atom is -0.311 e. The van der Waals surface area contributed by atoms with Gasteiger partial charge in [0.25, 0.3) is 0 Å². The Labute approximate surface area is 104 Å². The third kappa shape index (κ3) is 2.37. The van der Waals surface area contributed by atoms with Crippen molar-refractivity contribution in [3.63, 3.8) is 0 Å². The molecule has 0 saturated carbocycles. The maximum Gasteiger partial charge on any atom is 0.151 e. The fourth-order valence-corrected chi connectivity index (χ4v) is 5.59. The summed E-state index contributed by atoms with van der Waals surface area (Å²) in [6.07, 6.45) is 4.76. The number of hydrogen-bond acceptors (Lipinski definition) is 4. The standard InChI is InChI=1S/C12H22N2O2S/c1-14(11-4-5-17(15,16)8-11)7-9-6-10-2-3-12(9)13-10/h9-13H,2-8H2,1H3. The van der Waals surface area contributed by atoms with Crippen LogP contribution in [-0.2, 0) is 9.84 Å². The van der Waals surface area contributed by atoms with E-state index in [4.69, 9.17) is 0 Å². The van der Waals surface area contributed by atoms with Crippen molar-refractivity contribution >= 4 is 9.84 Å². The second-order valence-electron chi connectivity index (χ2n) is 6.04. The van der Waals surface area contributed by atoms with Gasteiger partial charge < -0.3 is 10.2 Å². The molecule has 3 heterocycles. The Balaban J connectivity index is 1.56. The topological polar surface area (TPSA) is 49.4 Å². The van der Waals surface area contributed by atoms with Crippen LogP contribution in [-0.4, -0.2) is 56.5 Å². The van der Waals surface area contributed by atoms with Crippen molar-refractivity contribution in [1.82, 2.24) is 10.2 Å². The molecule has 1 N–H and O–H groups in total.